The van der Waals surface area contributed by atoms with Gasteiger partial charge in [-0.05, 0) is 38.5 Å². The van der Waals surface area contributed by atoms with Crippen LogP contribution in [0.2, 0.25) is 0 Å². The van der Waals surface area contributed by atoms with Crippen LogP contribution in [0.25, 0.3) is 0 Å². The molecule has 0 heterocycles. The Bertz CT molecular complexity index is 290. The zero-order chi connectivity index (χ0) is 15.3. The van der Waals surface area contributed by atoms with Gasteiger partial charge < -0.3 is 4.52 Å². The van der Waals surface area contributed by atoms with Crippen molar-refractivity contribution in [3.05, 3.63) is 0 Å². The van der Waals surface area contributed by atoms with E-state index in [2.05, 4.69) is 55.4 Å². The minimum absolute atomic E-state index is 0. The molecule has 0 aliphatic rings. The summed E-state index contributed by atoms with van der Waals surface area (Å²) in [4.78, 5) is 0. The summed E-state index contributed by atoms with van der Waals surface area (Å²) in [7, 11) is -2.06. The molecule has 0 bridgehead atoms. The summed E-state index contributed by atoms with van der Waals surface area (Å²) in [6, 6.07) is 0. The van der Waals surface area contributed by atoms with Gasteiger partial charge in [0.05, 0.1) is 5.60 Å². The van der Waals surface area contributed by atoms with Crippen LogP contribution in [0.3, 0.4) is 0 Å². The SMILES string of the molecule is CCCC(C)C(C)(C)O[PH](=O)C(C)(C)C(C)CCC.[NaH]. The van der Waals surface area contributed by atoms with E-state index in [1.165, 1.54) is 0 Å². The molecule has 3 unspecified atom stereocenters. The second kappa shape index (κ2) is 10.1. The summed E-state index contributed by atoms with van der Waals surface area (Å²) in [6.45, 7) is 17.1. The second-order valence-electron chi connectivity index (χ2n) is 7.09. The fraction of sp³-hybridized carbons (Fsp3) is 1.00. The molecule has 0 aromatic heterocycles. The maximum atomic E-state index is 12.7. The minimum atomic E-state index is -2.06. The summed E-state index contributed by atoms with van der Waals surface area (Å²) in [6.07, 6.45) is 4.50. The monoisotopic (exact) mass is 314 g/mol. The van der Waals surface area contributed by atoms with Gasteiger partial charge in [-0.1, -0.05) is 54.4 Å². The van der Waals surface area contributed by atoms with E-state index in [9.17, 15) is 4.57 Å². The van der Waals surface area contributed by atoms with Crippen LogP contribution in [0.4, 0.5) is 0 Å². The molecule has 0 aromatic rings. The molecule has 0 spiro atoms. The third-order valence-corrected chi connectivity index (χ3v) is 7.00. The van der Waals surface area contributed by atoms with E-state index in [1.54, 1.807) is 0 Å². The Morgan fingerprint density at radius 1 is 0.950 bits per heavy atom. The quantitative estimate of drug-likeness (QED) is 0.429. The maximum absolute atomic E-state index is 12.7. The van der Waals surface area contributed by atoms with E-state index >= 15 is 0 Å². The number of rotatable bonds is 9. The predicted molar refractivity (Wildman–Crippen MR) is 93.5 cm³/mol. The van der Waals surface area contributed by atoms with Crippen molar-refractivity contribution < 1.29 is 9.09 Å². The van der Waals surface area contributed by atoms with Gasteiger partial charge in [-0.15, -0.1) is 0 Å². The first kappa shape index (κ1) is 23.5. The van der Waals surface area contributed by atoms with Gasteiger partial charge in [0.2, 0.25) is 0 Å². The molecular formula is C16H36NaO2P. The first-order valence-corrected chi connectivity index (χ1v) is 9.14. The summed E-state index contributed by atoms with van der Waals surface area (Å²) in [5.74, 6) is 0.866. The van der Waals surface area contributed by atoms with Gasteiger partial charge in [0.25, 0.3) is 0 Å². The van der Waals surface area contributed by atoms with Crippen molar-refractivity contribution in [1.29, 1.82) is 0 Å². The molecule has 0 aromatic carbocycles. The summed E-state index contributed by atoms with van der Waals surface area (Å²) >= 11 is 0. The van der Waals surface area contributed by atoms with E-state index in [-0.39, 0.29) is 40.3 Å². The third-order valence-electron chi connectivity index (χ3n) is 4.74. The predicted octanol–water partition coefficient (Wildman–Crippen LogP) is 5.26. The van der Waals surface area contributed by atoms with Gasteiger partial charge in [-0.25, -0.2) is 0 Å². The van der Waals surface area contributed by atoms with E-state index in [0.29, 0.717) is 11.8 Å². The molecule has 20 heavy (non-hydrogen) atoms. The van der Waals surface area contributed by atoms with E-state index in [4.69, 9.17) is 4.52 Å². The summed E-state index contributed by atoms with van der Waals surface area (Å²) < 4.78 is 18.7. The molecule has 0 saturated heterocycles. The normalized spacial score (nSPS) is 17.2. The zero-order valence-corrected chi connectivity index (χ0v) is 15.3. The average Bonchev–Trinajstić information content (AvgIpc) is 2.28. The third kappa shape index (κ3) is 6.97. The molecular weight excluding hydrogens is 278 g/mol. The molecule has 0 N–H and O–H groups in total. The number of hydrogen-bond donors (Lipinski definition) is 0. The fourth-order valence-corrected chi connectivity index (χ4v) is 3.74. The van der Waals surface area contributed by atoms with Crippen molar-refractivity contribution in [3.63, 3.8) is 0 Å². The van der Waals surface area contributed by atoms with Crippen LogP contribution in [-0.4, -0.2) is 40.3 Å². The molecule has 0 rings (SSSR count). The van der Waals surface area contributed by atoms with Gasteiger partial charge in [0.1, 0.15) is 0 Å². The second-order valence-corrected chi connectivity index (χ2v) is 9.16. The van der Waals surface area contributed by atoms with Crippen LogP contribution in [0.1, 0.15) is 81.1 Å². The van der Waals surface area contributed by atoms with Crippen LogP contribution in [0.15, 0.2) is 0 Å². The molecule has 0 aliphatic heterocycles. The Kier molecular flexibility index (Phi) is 11.8. The van der Waals surface area contributed by atoms with Crippen molar-refractivity contribution >= 4 is 37.6 Å². The number of hydrogen-bond acceptors (Lipinski definition) is 2. The molecule has 0 amide bonds. The first-order chi connectivity index (χ1) is 8.59. The molecule has 4 heteroatoms. The Morgan fingerprint density at radius 2 is 1.35 bits per heavy atom. The van der Waals surface area contributed by atoms with Crippen LogP contribution < -0.4 is 0 Å². The topological polar surface area (TPSA) is 26.3 Å². The molecule has 3 atom stereocenters. The molecule has 0 fully saturated rings. The van der Waals surface area contributed by atoms with Gasteiger partial charge >= 0.3 is 29.6 Å². The van der Waals surface area contributed by atoms with E-state index in [0.717, 1.165) is 25.7 Å². The van der Waals surface area contributed by atoms with Crippen molar-refractivity contribution in [2.75, 3.05) is 0 Å². The van der Waals surface area contributed by atoms with Gasteiger partial charge in [-0.3, -0.25) is 4.57 Å². The van der Waals surface area contributed by atoms with Crippen molar-refractivity contribution in [2.24, 2.45) is 11.8 Å². The molecule has 0 saturated carbocycles. The molecule has 0 radical (unpaired) electrons. The van der Waals surface area contributed by atoms with Crippen molar-refractivity contribution in [2.45, 2.75) is 91.8 Å². The first-order valence-electron chi connectivity index (χ1n) is 7.83. The fourth-order valence-electron chi connectivity index (χ4n) is 2.25. The Labute approximate surface area is 150 Å². The standard InChI is InChI=1S/C16H35O2P.Na.H/c1-9-11-13(3)15(5,6)18-19(17)16(7,8)14(4)12-10-2;;/h13-14,19H,9-12H2,1-8H3;;. The van der Waals surface area contributed by atoms with Gasteiger partial charge in [0, 0.05) is 5.16 Å². The van der Waals surface area contributed by atoms with Crippen LogP contribution in [0, 0.1) is 11.8 Å². The van der Waals surface area contributed by atoms with Gasteiger partial charge in [0.15, 0.2) is 8.03 Å². The van der Waals surface area contributed by atoms with Gasteiger partial charge in [-0.2, -0.15) is 0 Å². The van der Waals surface area contributed by atoms with Crippen LogP contribution >= 0.6 is 8.03 Å². The summed E-state index contributed by atoms with van der Waals surface area (Å²) in [5.41, 5.74) is -0.296. The zero-order valence-electron chi connectivity index (χ0n) is 14.3. The Hall–Kier alpha value is 1.19. The van der Waals surface area contributed by atoms with E-state index in [1.807, 2.05) is 0 Å². The molecule has 118 valence electrons. The Balaban J connectivity index is 0. The van der Waals surface area contributed by atoms with Crippen LogP contribution in [-0.2, 0) is 9.09 Å². The molecule has 2 nitrogen and oxygen atoms in total. The molecule has 0 aliphatic carbocycles. The summed E-state index contributed by atoms with van der Waals surface area (Å²) in [5, 5.41) is -0.218. The Morgan fingerprint density at radius 3 is 1.75 bits per heavy atom. The average molecular weight is 314 g/mol. The van der Waals surface area contributed by atoms with E-state index < -0.39 is 8.03 Å². The van der Waals surface area contributed by atoms with Crippen molar-refractivity contribution in [1.82, 2.24) is 0 Å². The van der Waals surface area contributed by atoms with Crippen molar-refractivity contribution in [3.8, 4) is 0 Å². The van der Waals surface area contributed by atoms with Crippen LogP contribution in [0.5, 0.6) is 0 Å².